The molecule has 1 spiro atoms. The van der Waals surface area contributed by atoms with E-state index in [1.807, 2.05) is 35.2 Å². The first-order valence-electron chi connectivity index (χ1n) is 12.8. The van der Waals surface area contributed by atoms with Gasteiger partial charge in [-0.15, -0.1) is 0 Å². The van der Waals surface area contributed by atoms with Crippen molar-refractivity contribution in [3.63, 3.8) is 0 Å². The van der Waals surface area contributed by atoms with Crippen molar-refractivity contribution in [1.82, 2.24) is 9.80 Å². The fourth-order valence-corrected chi connectivity index (χ4v) is 5.18. The van der Waals surface area contributed by atoms with Crippen LogP contribution in [0.1, 0.15) is 45.4 Å². The van der Waals surface area contributed by atoms with Crippen molar-refractivity contribution in [3.8, 4) is 5.75 Å². The van der Waals surface area contributed by atoms with Crippen molar-refractivity contribution in [2.75, 3.05) is 43.6 Å². The summed E-state index contributed by atoms with van der Waals surface area (Å²) in [6, 6.07) is 17.0. The van der Waals surface area contributed by atoms with E-state index in [4.69, 9.17) is 4.74 Å². The Labute approximate surface area is 213 Å². The summed E-state index contributed by atoms with van der Waals surface area (Å²) in [5.74, 6) is 0.584. The van der Waals surface area contributed by atoms with E-state index in [0.29, 0.717) is 50.5 Å². The topological polar surface area (TPSA) is 82.2 Å². The number of carbonyl (C=O) groups is 3. The van der Waals surface area contributed by atoms with Gasteiger partial charge in [-0.3, -0.25) is 14.4 Å². The highest BCUT2D eigenvalue weighted by atomic mass is 16.5. The second-order valence-corrected chi connectivity index (χ2v) is 9.55. The number of piperidine rings is 1. The van der Waals surface area contributed by atoms with E-state index in [0.717, 1.165) is 24.9 Å². The quantitative estimate of drug-likeness (QED) is 0.537. The van der Waals surface area contributed by atoms with Crippen LogP contribution in [0.15, 0.2) is 54.6 Å². The number of nitrogens with zero attached hydrogens (tertiary/aromatic N) is 3. The van der Waals surface area contributed by atoms with E-state index >= 15 is 0 Å². The van der Waals surface area contributed by atoms with Crippen molar-refractivity contribution < 1.29 is 19.1 Å². The molecule has 2 aromatic rings. The van der Waals surface area contributed by atoms with Crippen LogP contribution in [0.3, 0.4) is 0 Å². The van der Waals surface area contributed by atoms with Crippen LogP contribution in [0.2, 0.25) is 0 Å². The average molecular weight is 493 g/mol. The molecule has 0 atom stereocenters. The number of ether oxygens (including phenoxy) is 1. The predicted octanol–water partition coefficient (Wildman–Crippen LogP) is 3.88. The predicted molar refractivity (Wildman–Crippen MR) is 140 cm³/mol. The molecule has 36 heavy (non-hydrogen) atoms. The number of likely N-dealkylation sites (tertiary alicyclic amines) is 1. The smallest absolute Gasteiger partial charge is 0.250 e. The zero-order valence-corrected chi connectivity index (χ0v) is 21.2. The highest BCUT2D eigenvalue weighted by Gasteiger charge is 2.54. The molecule has 3 amide bonds. The van der Waals surface area contributed by atoms with Crippen LogP contribution in [0, 0.1) is 0 Å². The van der Waals surface area contributed by atoms with Crippen molar-refractivity contribution in [2.45, 2.75) is 51.0 Å². The minimum atomic E-state index is -0.748. The van der Waals surface area contributed by atoms with Crippen LogP contribution in [0.25, 0.3) is 0 Å². The fraction of sp³-hybridized carbons (Fsp3) is 0.464. The van der Waals surface area contributed by atoms with E-state index in [-0.39, 0.29) is 24.3 Å². The van der Waals surface area contributed by atoms with E-state index in [1.165, 1.54) is 0 Å². The van der Waals surface area contributed by atoms with Gasteiger partial charge in [0.15, 0.2) is 0 Å². The van der Waals surface area contributed by atoms with Gasteiger partial charge < -0.3 is 24.8 Å². The molecule has 4 rings (SSSR count). The largest absolute Gasteiger partial charge is 0.497 e. The lowest BCUT2D eigenvalue weighted by molar-refractivity contribution is -0.139. The second kappa shape index (κ2) is 11.5. The number of anilines is 2. The fourth-order valence-electron chi connectivity index (χ4n) is 5.18. The van der Waals surface area contributed by atoms with Crippen LogP contribution in [0.5, 0.6) is 5.75 Å². The summed E-state index contributed by atoms with van der Waals surface area (Å²) in [6.45, 7) is 3.53. The summed E-state index contributed by atoms with van der Waals surface area (Å²) in [5, 5.41) is 2.87. The Kier molecular flexibility index (Phi) is 8.13. The molecule has 0 radical (unpaired) electrons. The number of hydrogen-bond acceptors (Lipinski definition) is 5. The van der Waals surface area contributed by atoms with Gasteiger partial charge in [-0.05, 0) is 55.7 Å². The molecule has 0 unspecified atom stereocenters. The molecule has 0 bridgehead atoms. The van der Waals surface area contributed by atoms with Gasteiger partial charge in [0.25, 0.3) is 5.91 Å². The molecule has 2 aliphatic rings. The lowest BCUT2D eigenvalue weighted by atomic mass is 9.85. The van der Waals surface area contributed by atoms with Gasteiger partial charge in [0.2, 0.25) is 11.8 Å². The first-order chi connectivity index (χ1) is 17.5. The van der Waals surface area contributed by atoms with E-state index in [9.17, 15) is 14.4 Å². The molecule has 192 valence electrons. The summed E-state index contributed by atoms with van der Waals surface area (Å²) in [5.41, 5.74) is 0.852. The Morgan fingerprint density at radius 2 is 1.69 bits per heavy atom. The summed E-state index contributed by atoms with van der Waals surface area (Å²) in [4.78, 5) is 45.0. The minimum absolute atomic E-state index is 0.0321. The monoisotopic (exact) mass is 492 g/mol. The van der Waals surface area contributed by atoms with Gasteiger partial charge in [-0.25, -0.2) is 0 Å². The normalized spacial score (nSPS) is 16.9. The molecule has 2 heterocycles. The van der Waals surface area contributed by atoms with Crippen molar-refractivity contribution in [3.05, 3.63) is 54.6 Å². The van der Waals surface area contributed by atoms with E-state index in [2.05, 4.69) is 17.1 Å². The van der Waals surface area contributed by atoms with Crippen molar-refractivity contribution in [1.29, 1.82) is 0 Å². The molecule has 0 saturated carbocycles. The van der Waals surface area contributed by atoms with Gasteiger partial charge in [0.05, 0.1) is 13.8 Å². The maximum atomic E-state index is 13.8. The lowest BCUT2D eigenvalue weighted by Gasteiger charge is -2.43. The molecule has 2 saturated heterocycles. The third-order valence-corrected chi connectivity index (χ3v) is 7.23. The molecule has 0 aromatic heterocycles. The molecule has 8 nitrogen and oxygen atoms in total. The maximum absolute atomic E-state index is 13.8. The average Bonchev–Trinajstić information content (AvgIpc) is 3.16. The Balaban J connectivity index is 1.46. The van der Waals surface area contributed by atoms with Gasteiger partial charge in [0, 0.05) is 30.9 Å². The van der Waals surface area contributed by atoms with E-state index in [1.54, 1.807) is 36.3 Å². The van der Waals surface area contributed by atoms with Gasteiger partial charge in [-0.2, -0.15) is 0 Å². The van der Waals surface area contributed by atoms with Crippen LogP contribution in [-0.4, -0.2) is 66.5 Å². The molecule has 2 fully saturated rings. The lowest BCUT2D eigenvalue weighted by Crippen LogP contribution is -2.57. The third-order valence-electron chi connectivity index (χ3n) is 7.23. The van der Waals surface area contributed by atoms with Crippen LogP contribution >= 0.6 is 0 Å². The minimum Gasteiger partial charge on any atom is -0.497 e. The number of para-hydroxylation sites is 1. The second-order valence-electron chi connectivity index (χ2n) is 9.55. The number of carbonyl (C=O) groups excluding carboxylic acids is 3. The Bertz CT molecular complexity index is 1050. The zero-order chi connectivity index (χ0) is 25.5. The maximum Gasteiger partial charge on any atom is 0.250 e. The van der Waals surface area contributed by atoms with Gasteiger partial charge in [-0.1, -0.05) is 38.0 Å². The van der Waals surface area contributed by atoms with Crippen molar-refractivity contribution >= 4 is 29.1 Å². The molecule has 2 aromatic carbocycles. The number of hydrogen-bond donors (Lipinski definition) is 1. The van der Waals surface area contributed by atoms with Crippen molar-refractivity contribution in [2.24, 2.45) is 0 Å². The van der Waals surface area contributed by atoms with Crippen LogP contribution < -0.4 is 15.0 Å². The highest BCUT2D eigenvalue weighted by Crippen LogP contribution is 2.39. The molecular weight excluding hydrogens is 456 g/mol. The molecule has 0 aliphatic carbocycles. The van der Waals surface area contributed by atoms with E-state index < -0.39 is 5.54 Å². The van der Waals surface area contributed by atoms with Gasteiger partial charge in [0.1, 0.15) is 17.8 Å². The highest BCUT2D eigenvalue weighted by molar-refractivity contribution is 5.99. The standard InChI is InChI=1S/C28H36N4O4/c1-3-4-6-11-26(34)30-18-16-28(17-19-30)27(35)31(21-32(28)23-9-7-5-8-10-23)20-25(33)29-22-12-14-24(36-2)15-13-22/h5,7-10,12-15H,3-4,6,11,16-21H2,1-2H3,(H,29,33). The number of nitrogens with one attached hydrogen (secondary N) is 1. The first kappa shape index (κ1) is 25.5. The van der Waals surface area contributed by atoms with Gasteiger partial charge >= 0.3 is 0 Å². The summed E-state index contributed by atoms with van der Waals surface area (Å²) in [6.07, 6.45) is 4.71. The number of methoxy groups -OCH3 is 1. The summed E-state index contributed by atoms with van der Waals surface area (Å²) >= 11 is 0. The number of rotatable bonds is 9. The first-order valence-corrected chi connectivity index (χ1v) is 12.8. The Hall–Kier alpha value is -3.55. The molecular formula is C28H36N4O4. The Morgan fingerprint density at radius 3 is 2.33 bits per heavy atom. The Morgan fingerprint density at radius 1 is 1.00 bits per heavy atom. The number of amides is 3. The molecule has 1 N–H and O–H groups in total. The SMILES string of the molecule is CCCCCC(=O)N1CCC2(CC1)C(=O)N(CC(=O)Nc1ccc(OC)cc1)CN2c1ccccc1. The number of unbranched alkanes of at least 4 members (excludes halogenated alkanes) is 2. The summed E-state index contributed by atoms with van der Waals surface area (Å²) < 4.78 is 5.16. The molecule has 8 heteroatoms. The molecule has 2 aliphatic heterocycles. The number of benzene rings is 2. The zero-order valence-electron chi connectivity index (χ0n) is 21.2. The third kappa shape index (κ3) is 5.48. The van der Waals surface area contributed by atoms with Crippen LogP contribution in [0.4, 0.5) is 11.4 Å². The summed E-state index contributed by atoms with van der Waals surface area (Å²) in [7, 11) is 1.59. The van der Waals surface area contributed by atoms with Crippen LogP contribution in [-0.2, 0) is 14.4 Å².